The van der Waals surface area contributed by atoms with Gasteiger partial charge in [0.25, 0.3) is 11.8 Å². The van der Waals surface area contributed by atoms with E-state index in [4.69, 9.17) is 23.7 Å². The van der Waals surface area contributed by atoms with Gasteiger partial charge in [0.15, 0.2) is 18.1 Å². The van der Waals surface area contributed by atoms with Crippen LogP contribution in [0.25, 0.3) is 0 Å². The summed E-state index contributed by atoms with van der Waals surface area (Å²) in [5, 5.41) is 5.68. The molecule has 0 spiro atoms. The molecule has 1 saturated heterocycles. The number of likely N-dealkylation sites (N-methyl/N-ethyl adjacent to an activating group) is 3. The molecule has 2 N–H and O–H groups in total. The van der Waals surface area contributed by atoms with Crippen LogP contribution in [-0.4, -0.2) is 165 Å². The molecule has 1 saturated carbocycles. The van der Waals surface area contributed by atoms with E-state index in [2.05, 4.69) is 10.6 Å². The zero-order chi connectivity index (χ0) is 59.5. The number of esters is 2. The van der Waals surface area contributed by atoms with E-state index in [1.807, 2.05) is 42.5 Å². The van der Waals surface area contributed by atoms with Crippen molar-refractivity contribution in [1.82, 2.24) is 30.2 Å². The molecule has 20 nitrogen and oxygen atoms in total. The van der Waals surface area contributed by atoms with Gasteiger partial charge in [0.1, 0.15) is 42.6 Å². The highest BCUT2D eigenvalue weighted by Crippen LogP contribution is 2.33. The normalized spacial score (nSPS) is 23.8. The zero-order valence-corrected chi connectivity index (χ0v) is 48.8. The van der Waals surface area contributed by atoms with Crippen LogP contribution in [-0.2, 0) is 65.5 Å². The Labute approximate surface area is 481 Å². The molecule has 3 aromatic rings. The number of nitrogens with one attached hydrogen (secondary N) is 2. The number of amides is 6. The number of benzene rings is 3. The minimum atomic E-state index is -1.49. The van der Waals surface area contributed by atoms with Gasteiger partial charge in [-0.1, -0.05) is 86.7 Å². The lowest BCUT2D eigenvalue weighted by Gasteiger charge is -2.36. The highest BCUT2D eigenvalue weighted by Gasteiger charge is 2.43. The minimum absolute atomic E-state index is 0.0997. The molecule has 1 aliphatic carbocycles. The third kappa shape index (κ3) is 17.9. The van der Waals surface area contributed by atoms with Crippen molar-refractivity contribution in [2.75, 3.05) is 68.2 Å². The Morgan fingerprint density at radius 3 is 2.16 bits per heavy atom. The molecule has 5 atom stereocenters. The van der Waals surface area contributed by atoms with E-state index in [0.29, 0.717) is 42.7 Å². The van der Waals surface area contributed by atoms with Crippen molar-refractivity contribution in [3.05, 3.63) is 102 Å². The molecule has 3 aromatic carbocycles. The molecule has 0 unspecified atom stereocenters. The summed E-state index contributed by atoms with van der Waals surface area (Å²) in [6.07, 6.45) is 9.40. The summed E-state index contributed by atoms with van der Waals surface area (Å²) in [4.78, 5) is 131. The molecule has 0 radical (unpaired) electrons. The number of piperidine rings is 1. The molecule has 82 heavy (non-hydrogen) atoms. The summed E-state index contributed by atoms with van der Waals surface area (Å²) < 4.78 is 28.7. The van der Waals surface area contributed by atoms with E-state index in [0.717, 1.165) is 48.1 Å². The number of nitrogens with zero attached hydrogens (tertiary/aromatic N) is 4. The van der Waals surface area contributed by atoms with Crippen molar-refractivity contribution in [2.24, 2.45) is 11.3 Å². The van der Waals surface area contributed by atoms with E-state index in [9.17, 15) is 43.2 Å². The van der Waals surface area contributed by atoms with Crippen LogP contribution in [0.5, 0.6) is 17.2 Å². The molecular formula is C62H82N6O14. The van der Waals surface area contributed by atoms with Crippen molar-refractivity contribution in [3.8, 4) is 17.2 Å². The summed E-state index contributed by atoms with van der Waals surface area (Å²) in [5.41, 5.74) is 0.625. The number of fused-ring (bicyclic) bond motifs is 3. The molecule has 2 heterocycles. The van der Waals surface area contributed by atoms with Crippen LogP contribution < -0.4 is 24.8 Å². The maximum Gasteiger partial charge on any atom is 0.330 e. The molecular weight excluding hydrogens is 1050 g/mol. The van der Waals surface area contributed by atoms with Crippen LogP contribution in [0.1, 0.15) is 114 Å². The van der Waals surface area contributed by atoms with Gasteiger partial charge in [-0.05, 0) is 113 Å². The molecule has 2 bridgehead atoms. The fourth-order valence-electron chi connectivity index (χ4n) is 10.5. The van der Waals surface area contributed by atoms with Crippen LogP contribution in [0, 0.1) is 11.3 Å². The molecule has 20 heteroatoms. The Morgan fingerprint density at radius 1 is 0.720 bits per heavy atom. The first-order valence-electron chi connectivity index (χ1n) is 28.4. The van der Waals surface area contributed by atoms with Crippen LogP contribution in [0.4, 0.5) is 0 Å². The summed E-state index contributed by atoms with van der Waals surface area (Å²) in [6, 6.07) is 17.0. The Balaban J connectivity index is 1.27. The van der Waals surface area contributed by atoms with Crippen molar-refractivity contribution >= 4 is 53.2 Å². The number of hydrogen-bond acceptors (Lipinski definition) is 14. The highest BCUT2D eigenvalue weighted by atomic mass is 16.5. The van der Waals surface area contributed by atoms with Crippen LogP contribution in [0.15, 0.2) is 84.9 Å². The molecule has 2 aliphatic heterocycles. The van der Waals surface area contributed by atoms with E-state index in [1.54, 1.807) is 37.4 Å². The average Bonchev–Trinajstić information content (AvgIpc) is 3.69. The minimum Gasteiger partial charge on any atom is -0.493 e. The number of rotatable bonds is 9. The number of hydrogen-bond donors (Lipinski definition) is 2. The lowest BCUT2D eigenvalue weighted by Crippen LogP contribution is -2.58. The number of carbonyl (C=O) groups is 9. The fraction of sp³-hybridized carbons (Fsp3) is 0.532. The van der Waals surface area contributed by atoms with E-state index in [-0.39, 0.29) is 56.3 Å². The summed E-state index contributed by atoms with van der Waals surface area (Å²) in [7, 11) is 7.56. The Bertz CT molecular complexity index is 2760. The number of carbonyl (C=O) groups excluding carboxylic acids is 9. The third-order valence-electron chi connectivity index (χ3n) is 15.5. The highest BCUT2D eigenvalue weighted by molar-refractivity contribution is 6.38. The number of cyclic esters (lactones) is 2. The van der Waals surface area contributed by atoms with Crippen molar-refractivity contribution in [1.29, 1.82) is 0 Å². The Kier molecular flexibility index (Phi) is 23.5. The van der Waals surface area contributed by atoms with Crippen molar-refractivity contribution in [3.63, 3.8) is 0 Å². The largest absolute Gasteiger partial charge is 0.493 e. The molecule has 444 valence electrons. The van der Waals surface area contributed by atoms with Gasteiger partial charge >= 0.3 is 11.9 Å². The molecule has 0 aromatic heterocycles. The van der Waals surface area contributed by atoms with E-state index >= 15 is 0 Å². The van der Waals surface area contributed by atoms with Gasteiger partial charge < -0.3 is 53.9 Å². The lowest BCUT2D eigenvalue weighted by atomic mass is 9.84. The maximum absolute atomic E-state index is 14.6. The van der Waals surface area contributed by atoms with Gasteiger partial charge in [-0.3, -0.25) is 33.6 Å². The summed E-state index contributed by atoms with van der Waals surface area (Å²) in [6.45, 7) is 3.38. The van der Waals surface area contributed by atoms with Crippen molar-refractivity contribution < 1.29 is 66.8 Å². The van der Waals surface area contributed by atoms with Crippen LogP contribution >= 0.6 is 0 Å². The molecule has 3 aliphatic rings. The Morgan fingerprint density at radius 2 is 1.44 bits per heavy atom. The van der Waals surface area contributed by atoms with E-state index in [1.165, 1.54) is 75.9 Å². The first-order chi connectivity index (χ1) is 39.2. The predicted molar refractivity (Wildman–Crippen MR) is 304 cm³/mol. The first-order valence-corrected chi connectivity index (χ1v) is 28.4. The quantitative estimate of drug-likeness (QED) is 0.193. The second-order valence-electron chi connectivity index (χ2n) is 22.3. The number of ether oxygens (including phenoxy) is 5. The van der Waals surface area contributed by atoms with Gasteiger partial charge in [-0.25, -0.2) is 9.59 Å². The standard InChI is InChI=1S/C62H82N6O14/c1-41-58(74)67(6)49(35-43-22-13-10-14-23-43)57(73)64-47(34-42-20-11-9-12-21-42)59(75)65(4)32-17-16-27-55(71)81-40-62(2,3)56(72)60(76)68-33-18-15-26-48(68)61(77)82-50(30-28-44-29-31-51(78-7)52(36-44)79-8)45-24-19-25-46(37-45)80-39-54(70)66(5)38-53(69)63-41/h10,13-14,16,19,22-25,27,29,31,36-37,41-42,47-50H,9,11-12,15,17-18,20-21,26,28,30,32-35,38-40H2,1-8H3,(H,63,69)(H,64,73)/b27-16-/t41-,47+,48+,49+,50-/m1/s1. The third-order valence-corrected chi connectivity index (χ3v) is 15.5. The molecule has 2 fully saturated rings. The van der Waals surface area contributed by atoms with Crippen LogP contribution in [0.3, 0.4) is 0 Å². The molecule has 6 amide bonds. The topological polar surface area (TPSA) is 237 Å². The summed E-state index contributed by atoms with van der Waals surface area (Å²) in [5.74, 6) is -4.50. The Hall–Kier alpha value is -7.77. The summed E-state index contributed by atoms with van der Waals surface area (Å²) >= 11 is 0. The number of Topliss-reactive ketones (excluding diaryl/α,β-unsaturated/α-hetero) is 1. The monoisotopic (exact) mass is 1130 g/mol. The second-order valence-corrected chi connectivity index (χ2v) is 22.3. The maximum atomic E-state index is 14.6. The fourth-order valence-corrected chi connectivity index (χ4v) is 10.5. The number of ketones is 1. The van der Waals surface area contributed by atoms with Gasteiger partial charge in [0.2, 0.25) is 29.4 Å². The van der Waals surface area contributed by atoms with E-state index < -0.39 is 103 Å². The van der Waals surface area contributed by atoms with Crippen molar-refractivity contribution in [2.45, 2.75) is 135 Å². The number of methoxy groups -OCH3 is 2. The van der Waals surface area contributed by atoms with Gasteiger partial charge in [0.05, 0.1) is 26.2 Å². The average molecular weight is 1140 g/mol. The number of aryl methyl sites for hydroxylation is 1. The zero-order valence-electron chi connectivity index (χ0n) is 48.8. The second kappa shape index (κ2) is 30.3. The van der Waals surface area contributed by atoms with Crippen LogP contribution in [0.2, 0.25) is 0 Å². The predicted octanol–water partition coefficient (Wildman–Crippen LogP) is 5.73. The SMILES string of the molecule is COc1ccc(CC[C@H]2OC(=O)[C@@H]3CCCCN3C(=O)C(=O)C(C)(C)COC(=O)/C=C\CCN(C)C(=O)[C@H](CC3CCCCC3)NC(=O)[C@H](Cc3ccccc3)N(C)C(=O)[C@@H](C)NC(=O)CN(C)C(=O)COc3cccc2c3)cc1OC. The van der Waals surface area contributed by atoms with Gasteiger partial charge in [-0.15, -0.1) is 0 Å². The van der Waals surface area contributed by atoms with Gasteiger partial charge in [0, 0.05) is 46.7 Å². The lowest BCUT2D eigenvalue weighted by molar-refractivity contribution is -0.165. The smallest absolute Gasteiger partial charge is 0.330 e. The van der Waals surface area contributed by atoms with Gasteiger partial charge in [-0.2, -0.15) is 0 Å². The molecule has 6 rings (SSSR count). The first kappa shape index (κ1) is 63.4.